The summed E-state index contributed by atoms with van der Waals surface area (Å²) in [6.45, 7) is 5.75. The lowest BCUT2D eigenvalue weighted by Crippen LogP contribution is -2.32. The summed E-state index contributed by atoms with van der Waals surface area (Å²) in [4.78, 5) is 0.368. The van der Waals surface area contributed by atoms with Crippen molar-refractivity contribution in [3.8, 4) is 0 Å². The Morgan fingerprint density at radius 3 is 2.75 bits per heavy atom. The Morgan fingerprint density at radius 1 is 1.40 bits per heavy atom. The van der Waals surface area contributed by atoms with Gasteiger partial charge in [-0.3, -0.25) is 0 Å². The van der Waals surface area contributed by atoms with E-state index in [1.807, 2.05) is 18.5 Å². The zero-order valence-electron chi connectivity index (χ0n) is 12.5. The van der Waals surface area contributed by atoms with Crippen molar-refractivity contribution >= 4 is 10.0 Å². The molecule has 1 aliphatic rings. The number of hydrogen-bond donors (Lipinski definition) is 2. The highest BCUT2D eigenvalue weighted by molar-refractivity contribution is 7.89. The zero-order valence-corrected chi connectivity index (χ0v) is 13.3. The third kappa shape index (κ3) is 3.62. The van der Waals surface area contributed by atoms with Gasteiger partial charge in [0.2, 0.25) is 10.0 Å². The molecule has 6 heteroatoms. The van der Waals surface area contributed by atoms with Crippen LogP contribution in [0.4, 0.5) is 0 Å². The van der Waals surface area contributed by atoms with Crippen LogP contribution in [0.2, 0.25) is 0 Å². The molecule has 0 radical (unpaired) electrons. The number of hydrogen-bond acceptors (Lipinski definition) is 3. The fourth-order valence-electron chi connectivity index (χ4n) is 2.75. The summed E-state index contributed by atoms with van der Waals surface area (Å²) in [5, 5.41) is 3.21. The van der Waals surface area contributed by atoms with Crippen molar-refractivity contribution in [2.45, 2.75) is 50.6 Å². The molecule has 20 heavy (non-hydrogen) atoms. The van der Waals surface area contributed by atoms with E-state index in [4.69, 9.17) is 0 Å². The fourth-order valence-corrected chi connectivity index (χ4v) is 4.13. The molecule has 0 amide bonds. The summed E-state index contributed by atoms with van der Waals surface area (Å²) in [6, 6.07) is 1.84. The molecule has 1 fully saturated rings. The van der Waals surface area contributed by atoms with Crippen molar-refractivity contribution < 1.29 is 8.42 Å². The van der Waals surface area contributed by atoms with Crippen molar-refractivity contribution in [1.29, 1.82) is 0 Å². The van der Waals surface area contributed by atoms with Gasteiger partial charge in [0.1, 0.15) is 0 Å². The SMILES string of the molecule is CCNCc1cc(S(=O)(=O)NC2CCC(C)C2)cn1C. The first kappa shape index (κ1) is 15.5. The van der Waals surface area contributed by atoms with Crippen molar-refractivity contribution in [1.82, 2.24) is 14.6 Å². The predicted molar refractivity (Wildman–Crippen MR) is 79.9 cm³/mol. The van der Waals surface area contributed by atoms with Crippen molar-refractivity contribution in [2.75, 3.05) is 6.54 Å². The number of nitrogens with one attached hydrogen (secondary N) is 2. The molecule has 2 N–H and O–H groups in total. The lowest BCUT2D eigenvalue weighted by atomic mass is 10.1. The quantitative estimate of drug-likeness (QED) is 0.838. The summed E-state index contributed by atoms with van der Waals surface area (Å²) >= 11 is 0. The third-order valence-electron chi connectivity index (χ3n) is 3.97. The van der Waals surface area contributed by atoms with E-state index in [1.54, 1.807) is 12.3 Å². The molecule has 0 bridgehead atoms. The molecule has 1 heterocycles. The molecule has 114 valence electrons. The molecule has 1 saturated carbocycles. The summed E-state index contributed by atoms with van der Waals surface area (Å²) in [7, 11) is -1.51. The maximum Gasteiger partial charge on any atom is 0.242 e. The van der Waals surface area contributed by atoms with Crippen LogP contribution in [-0.2, 0) is 23.6 Å². The highest BCUT2D eigenvalue weighted by Gasteiger charge is 2.27. The molecule has 0 aromatic carbocycles. The molecule has 1 aliphatic carbocycles. The zero-order chi connectivity index (χ0) is 14.8. The van der Waals surface area contributed by atoms with Crippen LogP contribution in [0.1, 0.15) is 38.8 Å². The Hall–Kier alpha value is -0.850. The summed E-state index contributed by atoms with van der Waals surface area (Å²) < 4.78 is 29.5. The number of nitrogens with zero attached hydrogens (tertiary/aromatic N) is 1. The van der Waals surface area contributed by atoms with Gasteiger partial charge in [-0.25, -0.2) is 13.1 Å². The second kappa shape index (κ2) is 6.28. The minimum absolute atomic E-state index is 0.0902. The van der Waals surface area contributed by atoms with Gasteiger partial charge >= 0.3 is 0 Å². The number of sulfonamides is 1. The van der Waals surface area contributed by atoms with Gasteiger partial charge in [-0.1, -0.05) is 13.8 Å². The summed E-state index contributed by atoms with van der Waals surface area (Å²) in [5.41, 5.74) is 0.979. The standard InChI is InChI=1S/C14H25N3O2S/c1-4-15-9-13-8-14(10-17(13)3)20(18,19)16-12-6-5-11(2)7-12/h8,10-12,15-16H,4-7,9H2,1-3H3. The molecule has 1 aromatic heterocycles. The van der Waals surface area contributed by atoms with Gasteiger partial charge in [-0.2, -0.15) is 0 Å². The van der Waals surface area contributed by atoms with Gasteiger partial charge in [0.15, 0.2) is 0 Å². The summed E-state index contributed by atoms with van der Waals surface area (Å²) in [5.74, 6) is 0.614. The van der Waals surface area contributed by atoms with Gasteiger partial charge in [-0.15, -0.1) is 0 Å². The minimum atomic E-state index is -3.39. The van der Waals surface area contributed by atoms with Crippen LogP contribution >= 0.6 is 0 Å². The normalized spacial score (nSPS) is 23.4. The minimum Gasteiger partial charge on any atom is -0.352 e. The average Bonchev–Trinajstić information content (AvgIpc) is 2.93. The van der Waals surface area contributed by atoms with E-state index in [0.29, 0.717) is 17.4 Å². The first-order valence-corrected chi connectivity index (χ1v) is 8.79. The van der Waals surface area contributed by atoms with Crippen LogP contribution in [0.25, 0.3) is 0 Å². The number of aryl methyl sites for hydroxylation is 1. The molecule has 0 aliphatic heterocycles. The average molecular weight is 299 g/mol. The smallest absolute Gasteiger partial charge is 0.242 e. The van der Waals surface area contributed by atoms with Crippen LogP contribution in [0.15, 0.2) is 17.2 Å². The molecule has 5 nitrogen and oxygen atoms in total. The van der Waals surface area contributed by atoms with Crippen LogP contribution in [0.5, 0.6) is 0 Å². The first-order chi connectivity index (χ1) is 9.42. The molecule has 2 atom stereocenters. The van der Waals surface area contributed by atoms with E-state index in [0.717, 1.165) is 31.5 Å². The fraction of sp³-hybridized carbons (Fsp3) is 0.714. The Bertz CT molecular complexity index is 551. The molecule has 0 saturated heterocycles. The van der Waals surface area contributed by atoms with Crippen LogP contribution in [-0.4, -0.2) is 25.6 Å². The second-order valence-corrected chi connectivity index (χ2v) is 7.51. The van der Waals surface area contributed by atoms with Crippen LogP contribution in [0.3, 0.4) is 0 Å². The lowest BCUT2D eigenvalue weighted by molar-refractivity contribution is 0.538. The maximum absolute atomic E-state index is 12.4. The Balaban J connectivity index is 2.09. The molecule has 2 unspecified atom stereocenters. The van der Waals surface area contributed by atoms with E-state index in [9.17, 15) is 8.42 Å². The Kier molecular flexibility index (Phi) is 4.88. The highest BCUT2D eigenvalue weighted by atomic mass is 32.2. The van der Waals surface area contributed by atoms with E-state index >= 15 is 0 Å². The molecule has 1 aromatic rings. The van der Waals surface area contributed by atoms with Crippen LogP contribution in [0, 0.1) is 5.92 Å². The van der Waals surface area contributed by atoms with E-state index in [-0.39, 0.29) is 6.04 Å². The highest BCUT2D eigenvalue weighted by Crippen LogP contribution is 2.26. The number of rotatable bonds is 6. The Labute approximate surface area is 121 Å². The van der Waals surface area contributed by atoms with E-state index in [1.165, 1.54) is 0 Å². The van der Waals surface area contributed by atoms with Gasteiger partial charge < -0.3 is 9.88 Å². The molecule has 0 spiro atoms. The predicted octanol–water partition coefficient (Wildman–Crippen LogP) is 1.60. The van der Waals surface area contributed by atoms with Gasteiger partial charge in [-0.05, 0) is 37.8 Å². The largest absolute Gasteiger partial charge is 0.352 e. The number of aromatic nitrogens is 1. The first-order valence-electron chi connectivity index (χ1n) is 7.30. The van der Waals surface area contributed by atoms with Gasteiger partial charge in [0.05, 0.1) is 4.90 Å². The lowest BCUT2D eigenvalue weighted by Gasteiger charge is -2.11. The summed E-state index contributed by atoms with van der Waals surface area (Å²) in [6.07, 6.45) is 4.68. The second-order valence-electron chi connectivity index (χ2n) is 5.79. The molecular weight excluding hydrogens is 274 g/mol. The molecule has 2 rings (SSSR count). The van der Waals surface area contributed by atoms with Gasteiger partial charge in [0.25, 0.3) is 0 Å². The van der Waals surface area contributed by atoms with Crippen molar-refractivity contribution in [3.05, 3.63) is 18.0 Å². The molecular formula is C14H25N3O2S. The van der Waals surface area contributed by atoms with Crippen molar-refractivity contribution in [2.24, 2.45) is 13.0 Å². The van der Waals surface area contributed by atoms with E-state index in [2.05, 4.69) is 17.0 Å². The monoisotopic (exact) mass is 299 g/mol. The van der Waals surface area contributed by atoms with Crippen LogP contribution < -0.4 is 10.0 Å². The Morgan fingerprint density at radius 2 is 2.15 bits per heavy atom. The maximum atomic E-state index is 12.4. The topological polar surface area (TPSA) is 63.1 Å². The van der Waals surface area contributed by atoms with Gasteiger partial charge in [0, 0.05) is 31.5 Å². The third-order valence-corrected chi connectivity index (χ3v) is 5.45. The van der Waals surface area contributed by atoms with Crippen molar-refractivity contribution in [3.63, 3.8) is 0 Å². The van der Waals surface area contributed by atoms with E-state index < -0.39 is 10.0 Å².